The minimum atomic E-state index is -2.94. The van der Waals surface area contributed by atoms with E-state index < -0.39 is 12.7 Å². The highest BCUT2D eigenvalue weighted by atomic mass is 127. The summed E-state index contributed by atoms with van der Waals surface area (Å²) in [6, 6.07) is 11.4. The monoisotopic (exact) mass is 555 g/mol. The number of ether oxygens (including phenoxy) is 2. The first-order chi connectivity index (χ1) is 13.9. The van der Waals surface area contributed by atoms with Gasteiger partial charge in [0.2, 0.25) is 0 Å². The molecule has 0 aliphatic carbocycles. The maximum absolute atomic E-state index is 12.6. The van der Waals surface area contributed by atoms with Gasteiger partial charge < -0.3 is 25.2 Å². The van der Waals surface area contributed by atoms with Crippen LogP contribution in [0.5, 0.6) is 11.5 Å². The van der Waals surface area contributed by atoms with E-state index in [0.29, 0.717) is 34.4 Å². The van der Waals surface area contributed by atoms with Gasteiger partial charge >= 0.3 is 6.61 Å². The number of aliphatic hydroxyl groups is 1. The van der Waals surface area contributed by atoms with Crippen LogP contribution in [0.4, 0.5) is 8.78 Å². The maximum Gasteiger partial charge on any atom is 0.387 e. The number of hydrogen-bond donors (Lipinski definition) is 3. The predicted octanol–water partition coefficient (Wildman–Crippen LogP) is 4.36. The zero-order valence-electron chi connectivity index (χ0n) is 16.6. The van der Waals surface area contributed by atoms with E-state index in [4.69, 9.17) is 16.3 Å². The second kappa shape index (κ2) is 13.5. The molecule has 0 aliphatic heterocycles. The summed E-state index contributed by atoms with van der Waals surface area (Å²) in [6.07, 6.45) is -0.773. The van der Waals surface area contributed by atoms with E-state index in [9.17, 15) is 13.9 Å². The molecule has 0 amide bonds. The highest BCUT2D eigenvalue weighted by Gasteiger charge is 2.12. The van der Waals surface area contributed by atoms with Crippen LogP contribution in [0.1, 0.15) is 24.2 Å². The number of aliphatic hydroxyl groups excluding tert-OH is 1. The fraction of sp³-hybridized carbons (Fsp3) is 0.350. The maximum atomic E-state index is 12.6. The van der Waals surface area contributed by atoms with Gasteiger partial charge in [-0.2, -0.15) is 8.78 Å². The van der Waals surface area contributed by atoms with Gasteiger partial charge in [0.15, 0.2) is 5.96 Å². The van der Waals surface area contributed by atoms with Crippen molar-refractivity contribution in [1.82, 2.24) is 10.6 Å². The SMILES string of the molecule is CCNC(=NCc1cc(OC)ccc1OC(F)F)NCC(O)c1ccc(Cl)cc1.I. The van der Waals surface area contributed by atoms with Crippen LogP contribution in [0.2, 0.25) is 5.02 Å². The van der Waals surface area contributed by atoms with Crippen molar-refractivity contribution in [2.45, 2.75) is 26.2 Å². The molecule has 0 radical (unpaired) electrons. The summed E-state index contributed by atoms with van der Waals surface area (Å²) in [5, 5.41) is 17.0. The Labute approximate surface area is 196 Å². The van der Waals surface area contributed by atoms with E-state index in [1.54, 1.807) is 30.3 Å². The van der Waals surface area contributed by atoms with E-state index >= 15 is 0 Å². The number of nitrogens with one attached hydrogen (secondary N) is 2. The molecular weight excluding hydrogens is 531 g/mol. The van der Waals surface area contributed by atoms with E-state index in [2.05, 4.69) is 20.4 Å². The van der Waals surface area contributed by atoms with Crippen LogP contribution in [-0.4, -0.2) is 37.9 Å². The smallest absolute Gasteiger partial charge is 0.387 e. The van der Waals surface area contributed by atoms with Crippen molar-refractivity contribution in [2.75, 3.05) is 20.2 Å². The minimum absolute atomic E-state index is 0. The molecule has 0 fully saturated rings. The Morgan fingerprint density at radius 1 is 1.17 bits per heavy atom. The second-order valence-corrected chi connectivity index (χ2v) is 6.43. The first-order valence-electron chi connectivity index (χ1n) is 9.00. The summed E-state index contributed by atoms with van der Waals surface area (Å²) in [4.78, 5) is 4.39. The molecule has 1 atom stereocenters. The summed E-state index contributed by atoms with van der Waals surface area (Å²) in [5.41, 5.74) is 1.15. The van der Waals surface area contributed by atoms with Crippen LogP contribution < -0.4 is 20.1 Å². The van der Waals surface area contributed by atoms with Crippen LogP contribution >= 0.6 is 35.6 Å². The molecule has 6 nitrogen and oxygen atoms in total. The average Bonchev–Trinajstić information content (AvgIpc) is 2.70. The number of benzene rings is 2. The third kappa shape index (κ3) is 8.49. The van der Waals surface area contributed by atoms with Crippen LogP contribution in [0.25, 0.3) is 0 Å². The van der Waals surface area contributed by atoms with Gasteiger partial charge in [0, 0.05) is 23.7 Å². The second-order valence-electron chi connectivity index (χ2n) is 6.00. The van der Waals surface area contributed by atoms with Crippen LogP contribution in [0.15, 0.2) is 47.5 Å². The molecule has 10 heteroatoms. The molecule has 166 valence electrons. The van der Waals surface area contributed by atoms with E-state index in [1.165, 1.54) is 19.2 Å². The summed E-state index contributed by atoms with van der Waals surface area (Å²) >= 11 is 5.86. The van der Waals surface area contributed by atoms with Crippen LogP contribution in [0, 0.1) is 0 Å². The lowest BCUT2D eigenvalue weighted by Crippen LogP contribution is -2.39. The highest BCUT2D eigenvalue weighted by Crippen LogP contribution is 2.26. The Kier molecular flexibility index (Phi) is 11.7. The summed E-state index contributed by atoms with van der Waals surface area (Å²) in [6.45, 7) is -0.185. The summed E-state index contributed by atoms with van der Waals surface area (Å²) < 4.78 is 35.0. The molecule has 1 unspecified atom stereocenters. The largest absolute Gasteiger partial charge is 0.497 e. The quantitative estimate of drug-likeness (QED) is 0.244. The molecule has 2 rings (SSSR count). The molecule has 0 aromatic heterocycles. The van der Waals surface area contributed by atoms with Gasteiger partial charge in [0.1, 0.15) is 11.5 Å². The Hall–Kier alpha value is -1.85. The van der Waals surface area contributed by atoms with Gasteiger partial charge in [-0.05, 0) is 42.8 Å². The van der Waals surface area contributed by atoms with Gasteiger partial charge in [-0.15, -0.1) is 24.0 Å². The topological polar surface area (TPSA) is 75.1 Å². The molecule has 30 heavy (non-hydrogen) atoms. The first kappa shape index (κ1) is 26.2. The number of hydrogen-bond acceptors (Lipinski definition) is 4. The van der Waals surface area contributed by atoms with Crippen molar-refractivity contribution in [3.63, 3.8) is 0 Å². The number of guanidine groups is 1. The van der Waals surface area contributed by atoms with Crippen molar-refractivity contribution in [3.05, 3.63) is 58.6 Å². The normalized spacial score (nSPS) is 12.2. The lowest BCUT2D eigenvalue weighted by atomic mass is 10.1. The standard InChI is InChI=1S/C20H24ClF2N3O3.HI/c1-3-24-20(26-12-17(27)13-4-6-15(21)7-5-13)25-11-14-10-16(28-2)8-9-18(14)29-19(22)23;/h4-10,17,19,27H,3,11-12H2,1-2H3,(H2,24,25,26);1H. The molecular formula is C20H25ClF2IN3O3. The van der Waals surface area contributed by atoms with Crippen molar-refractivity contribution >= 4 is 41.5 Å². The number of halogens is 4. The summed E-state index contributed by atoms with van der Waals surface area (Å²) in [5.74, 6) is 0.959. The van der Waals surface area contributed by atoms with Gasteiger partial charge in [0.05, 0.1) is 19.8 Å². The fourth-order valence-corrected chi connectivity index (χ4v) is 2.65. The Bertz CT molecular complexity index is 810. The van der Waals surface area contributed by atoms with E-state index in [-0.39, 0.29) is 42.8 Å². The molecule has 0 spiro atoms. The van der Waals surface area contributed by atoms with Crippen LogP contribution in [-0.2, 0) is 6.54 Å². The number of alkyl halides is 2. The van der Waals surface area contributed by atoms with Crippen molar-refractivity contribution in [1.29, 1.82) is 0 Å². The highest BCUT2D eigenvalue weighted by molar-refractivity contribution is 14.0. The fourth-order valence-electron chi connectivity index (χ4n) is 2.52. The van der Waals surface area contributed by atoms with Gasteiger partial charge in [-0.1, -0.05) is 23.7 Å². The Morgan fingerprint density at radius 2 is 1.87 bits per heavy atom. The average molecular weight is 556 g/mol. The lowest BCUT2D eigenvalue weighted by Gasteiger charge is -2.16. The van der Waals surface area contributed by atoms with Crippen molar-refractivity contribution in [3.8, 4) is 11.5 Å². The number of aliphatic imine (C=N–C) groups is 1. The van der Waals surface area contributed by atoms with Gasteiger partial charge in [0.25, 0.3) is 0 Å². The predicted molar refractivity (Wildman–Crippen MR) is 124 cm³/mol. The van der Waals surface area contributed by atoms with Gasteiger partial charge in [-0.25, -0.2) is 4.99 Å². The third-order valence-electron chi connectivity index (χ3n) is 3.95. The van der Waals surface area contributed by atoms with Gasteiger partial charge in [-0.3, -0.25) is 0 Å². The van der Waals surface area contributed by atoms with Crippen LogP contribution in [0.3, 0.4) is 0 Å². The lowest BCUT2D eigenvalue weighted by molar-refractivity contribution is -0.0504. The number of methoxy groups -OCH3 is 1. The number of rotatable bonds is 9. The first-order valence-corrected chi connectivity index (χ1v) is 9.38. The molecule has 0 bridgehead atoms. The van der Waals surface area contributed by atoms with E-state index in [1.807, 2.05) is 6.92 Å². The Morgan fingerprint density at radius 3 is 2.47 bits per heavy atom. The molecule has 0 heterocycles. The molecule has 0 saturated carbocycles. The molecule has 2 aromatic carbocycles. The number of nitrogens with zero attached hydrogens (tertiary/aromatic N) is 1. The Balaban J connectivity index is 0.00000450. The summed E-state index contributed by atoms with van der Waals surface area (Å²) in [7, 11) is 1.49. The zero-order chi connectivity index (χ0) is 21.2. The van der Waals surface area contributed by atoms with Crippen molar-refractivity contribution in [2.24, 2.45) is 4.99 Å². The third-order valence-corrected chi connectivity index (χ3v) is 4.21. The molecule has 2 aromatic rings. The molecule has 3 N–H and O–H groups in total. The van der Waals surface area contributed by atoms with E-state index in [0.717, 1.165) is 0 Å². The molecule has 0 saturated heterocycles. The zero-order valence-corrected chi connectivity index (χ0v) is 19.7. The van der Waals surface area contributed by atoms with Crippen molar-refractivity contribution < 1.29 is 23.4 Å². The molecule has 0 aliphatic rings. The minimum Gasteiger partial charge on any atom is -0.497 e.